The molecule has 100 valence electrons. The number of likely N-dealkylation sites (tertiary alicyclic amines) is 1. The number of piperidine rings is 1. The maximum absolute atomic E-state index is 3.49. The van der Waals surface area contributed by atoms with Gasteiger partial charge in [-0.2, -0.15) is 0 Å². The predicted octanol–water partition coefficient (Wildman–Crippen LogP) is 2.89. The molecule has 2 nitrogen and oxygen atoms in total. The molecule has 0 aromatic heterocycles. The molecule has 0 aromatic carbocycles. The number of rotatable bonds is 4. The molecule has 2 rings (SSSR count). The average molecular weight is 238 g/mol. The SMILES string of the molecule is CCN1CCC(CNC)(C2CCCCC2)CC1. The maximum atomic E-state index is 3.49. The van der Waals surface area contributed by atoms with Crippen LogP contribution in [0.5, 0.6) is 0 Å². The van der Waals surface area contributed by atoms with Crippen molar-refractivity contribution in [3.05, 3.63) is 0 Å². The number of nitrogens with zero attached hydrogens (tertiary/aromatic N) is 1. The third-order valence-corrected chi connectivity index (χ3v) is 5.30. The Balaban J connectivity index is 1.99. The monoisotopic (exact) mass is 238 g/mol. The largest absolute Gasteiger partial charge is 0.319 e. The Bertz CT molecular complexity index is 213. The van der Waals surface area contributed by atoms with E-state index in [4.69, 9.17) is 0 Å². The first-order valence-electron chi connectivity index (χ1n) is 7.68. The summed E-state index contributed by atoms with van der Waals surface area (Å²) >= 11 is 0. The Morgan fingerprint density at radius 1 is 1.12 bits per heavy atom. The van der Waals surface area contributed by atoms with Crippen LogP contribution in [-0.4, -0.2) is 38.1 Å². The van der Waals surface area contributed by atoms with Crippen molar-refractivity contribution in [1.29, 1.82) is 0 Å². The average Bonchev–Trinajstić information content (AvgIpc) is 2.41. The quantitative estimate of drug-likeness (QED) is 0.810. The van der Waals surface area contributed by atoms with Gasteiger partial charge >= 0.3 is 0 Å². The van der Waals surface area contributed by atoms with Crippen LogP contribution in [0.3, 0.4) is 0 Å². The van der Waals surface area contributed by atoms with Crippen LogP contribution in [0.4, 0.5) is 0 Å². The van der Waals surface area contributed by atoms with E-state index in [0.717, 1.165) is 5.92 Å². The van der Waals surface area contributed by atoms with Crippen LogP contribution >= 0.6 is 0 Å². The number of nitrogens with one attached hydrogen (secondary N) is 1. The molecule has 1 saturated carbocycles. The summed E-state index contributed by atoms with van der Waals surface area (Å²) in [5.74, 6) is 1.00. The molecule has 0 aromatic rings. The highest BCUT2D eigenvalue weighted by molar-refractivity contribution is 4.93. The van der Waals surface area contributed by atoms with E-state index in [1.807, 2.05) is 0 Å². The highest BCUT2D eigenvalue weighted by Crippen LogP contribution is 2.45. The third kappa shape index (κ3) is 3.03. The van der Waals surface area contributed by atoms with E-state index >= 15 is 0 Å². The van der Waals surface area contributed by atoms with E-state index in [2.05, 4.69) is 24.2 Å². The minimum Gasteiger partial charge on any atom is -0.319 e. The van der Waals surface area contributed by atoms with Crippen molar-refractivity contribution >= 4 is 0 Å². The summed E-state index contributed by atoms with van der Waals surface area (Å²) in [6.45, 7) is 7.44. The van der Waals surface area contributed by atoms with Crippen LogP contribution in [-0.2, 0) is 0 Å². The minimum atomic E-state index is 0.626. The van der Waals surface area contributed by atoms with E-state index in [1.165, 1.54) is 71.1 Å². The van der Waals surface area contributed by atoms with Gasteiger partial charge < -0.3 is 10.2 Å². The summed E-state index contributed by atoms with van der Waals surface area (Å²) in [6.07, 6.45) is 10.3. The van der Waals surface area contributed by atoms with Crippen LogP contribution < -0.4 is 5.32 Å². The Hall–Kier alpha value is -0.0800. The van der Waals surface area contributed by atoms with Gasteiger partial charge in [-0.15, -0.1) is 0 Å². The molecule has 1 N–H and O–H groups in total. The fourth-order valence-electron chi connectivity index (χ4n) is 4.11. The fourth-order valence-corrected chi connectivity index (χ4v) is 4.11. The first-order chi connectivity index (χ1) is 8.30. The van der Waals surface area contributed by atoms with Gasteiger partial charge in [-0.05, 0) is 63.7 Å². The second kappa shape index (κ2) is 6.19. The fraction of sp³-hybridized carbons (Fsp3) is 1.00. The van der Waals surface area contributed by atoms with Gasteiger partial charge in [0.2, 0.25) is 0 Å². The van der Waals surface area contributed by atoms with Crippen LogP contribution in [0.1, 0.15) is 51.9 Å². The van der Waals surface area contributed by atoms with Crippen molar-refractivity contribution in [3.8, 4) is 0 Å². The standard InChI is InChI=1S/C15H30N2/c1-3-17-11-9-15(10-12-17,13-16-2)14-7-5-4-6-8-14/h14,16H,3-13H2,1-2H3. The first kappa shape index (κ1) is 13.4. The van der Waals surface area contributed by atoms with Crippen molar-refractivity contribution in [2.75, 3.05) is 33.2 Å². The summed E-state index contributed by atoms with van der Waals surface area (Å²) in [4.78, 5) is 2.62. The van der Waals surface area contributed by atoms with Gasteiger partial charge in [-0.1, -0.05) is 26.2 Å². The van der Waals surface area contributed by atoms with Crippen molar-refractivity contribution in [2.24, 2.45) is 11.3 Å². The lowest BCUT2D eigenvalue weighted by Gasteiger charge is -2.48. The molecule has 0 amide bonds. The lowest BCUT2D eigenvalue weighted by Crippen LogP contribution is -2.48. The highest BCUT2D eigenvalue weighted by Gasteiger charge is 2.40. The Kier molecular flexibility index (Phi) is 4.87. The number of hydrogen-bond donors (Lipinski definition) is 1. The number of hydrogen-bond acceptors (Lipinski definition) is 2. The van der Waals surface area contributed by atoms with E-state index in [0.29, 0.717) is 5.41 Å². The summed E-state index contributed by atoms with van der Waals surface area (Å²) in [6, 6.07) is 0. The van der Waals surface area contributed by atoms with E-state index < -0.39 is 0 Å². The molecule has 17 heavy (non-hydrogen) atoms. The van der Waals surface area contributed by atoms with Crippen LogP contribution in [0, 0.1) is 11.3 Å². The zero-order valence-corrected chi connectivity index (χ0v) is 11.8. The summed E-state index contributed by atoms with van der Waals surface area (Å²) in [7, 11) is 2.14. The molecule has 0 spiro atoms. The predicted molar refractivity (Wildman–Crippen MR) is 74.3 cm³/mol. The van der Waals surface area contributed by atoms with Crippen LogP contribution in [0.15, 0.2) is 0 Å². The Morgan fingerprint density at radius 2 is 1.76 bits per heavy atom. The zero-order chi connectivity index (χ0) is 12.1. The molecule has 1 heterocycles. The molecule has 1 saturated heterocycles. The second-order valence-electron chi connectivity index (χ2n) is 6.16. The van der Waals surface area contributed by atoms with Gasteiger partial charge in [0, 0.05) is 6.54 Å². The molecule has 1 aliphatic carbocycles. The topological polar surface area (TPSA) is 15.3 Å². The van der Waals surface area contributed by atoms with E-state index in [9.17, 15) is 0 Å². The zero-order valence-electron chi connectivity index (χ0n) is 11.8. The van der Waals surface area contributed by atoms with Gasteiger partial charge in [0.05, 0.1) is 0 Å². The van der Waals surface area contributed by atoms with Crippen molar-refractivity contribution < 1.29 is 0 Å². The lowest BCUT2D eigenvalue weighted by molar-refractivity contribution is 0.0326. The van der Waals surface area contributed by atoms with Crippen LogP contribution in [0.25, 0.3) is 0 Å². The first-order valence-corrected chi connectivity index (χ1v) is 7.68. The van der Waals surface area contributed by atoms with Gasteiger partial charge in [-0.3, -0.25) is 0 Å². The van der Waals surface area contributed by atoms with Crippen molar-refractivity contribution in [1.82, 2.24) is 10.2 Å². The molecule has 0 radical (unpaired) electrons. The molecule has 0 atom stereocenters. The molecule has 1 aliphatic heterocycles. The molecule has 0 bridgehead atoms. The summed E-state index contributed by atoms with van der Waals surface area (Å²) in [5.41, 5.74) is 0.626. The van der Waals surface area contributed by atoms with E-state index in [-0.39, 0.29) is 0 Å². The second-order valence-corrected chi connectivity index (χ2v) is 6.16. The van der Waals surface area contributed by atoms with Crippen molar-refractivity contribution in [3.63, 3.8) is 0 Å². The van der Waals surface area contributed by atoms with Gasteiger partial charge in [0.25, 0.3) is 0 Å². The Morgan fingerprint density at radius 3 is 2.29 bits per heavy atom. The van der Waals surface area contributed by atoms with Gasteiger partial charge in [0.15, 0.2) is 0 Å². The highest BCUT2D eigenvalue weighted by atomic mass is 15.1. The smallest absolute Gasteiger partial charge is 0.000842 e. The third-order valence-electron chi connectivity index (χ3n) is 5.30. The minimum absolute atomic E-state index is 0.626. The molecule has 2 fully saturated rings. The van der Waals surface area contributed by atoms with Gasteiger partial charge in [-0.25, -0.2) is 0 Å². The van der Waals surface area contributed by atoms with Crippen molar-refractivity contribution in [2.45, 2.75) is 51.9 Å². The Labute approximate surface area is 107 Å². The summed E-state index contributed by atoms with van der Waals surface area (Å²) < 4.78 is 0. The summed E-state index contributed by atoms with van der Waals surface area (Å²) in [5, 5.41) is 3.49. The lowest BCUT2D eigenvalue weighted by atomic mass is 9.63. The van der Waals surface area contributed by atoms with Crippen LogP contribution in [0.2, 0.25) is 0 Å². The molecule has 2 aliphatic rings. The molecular weight excluding hydrogens is 208 g/mol. The maximum Gasteiger partial charge on any atom is 0.000842 e. The molecular formula is C15H30N2. The molecule has 0 unspecified atom stereocenters. The normalized spacial score (nSPS) is 27.2. The van der Waals surface area contributed by atoms with E-state index in [1.54, 1.807) is 0 Å². The van der Waals surface area contributed by atoms with Gasteiger partial charge in [0.1, 0.15) is 0 Å². The molecule has 2 heteroatoms.